The van der Waals surface area contributed by atoms with Crippen molar-refractivity contribution in [3.8, 4) is 0 Å². The summed E-state index contributed by atoms with van der Waals surface area (Å²) in [7, 11) is 2.17. The maximum absolute atomic E-state index is 5.59. The molecule has 15 heavy (non-hydrogen) atoms. The molecule has 0 amide bonds. The second-order valence-corrected chi connectivity index (χ2v) is 5.08. The van der Waals surface area contributed by atoms with Crippen molar-refractivity contribution < 1.29 is 4.74 Å². The molecule has 0 aromatic heterocycles. The average Bonchev–Trinajstić information content (AvgIpc) is 2.15. The third-order valence-corrected chi connectivity index (χ3v) is 2.75. The predicted molar refractivity (Wildman–Crippen MR) is 67.3 cm³/mol. The molecule has 0 aromatic rings. The van der Waals surface area contributed by atoms with Gasteiger partial charge < -0.3 is 9.64 Å². The Kier molecular flexibility index (Phi) is 9.12. The highest BCUT2D eigenvalue weighted by atomic mass is 16.5. The summed E-state index contributed by atoms with van der Waals surface area (Å²) >= 11 is 0. The van der Waals surface area contributed by atoms with E-state index in [4.69, 9.17) is 4.74 Å². The normalized spacial score (nSPS) is 12.0. The molecule has 0 bridgehead atoms. The molecular formula is C13H29NO. The molecule has 0 saturated heterocycles. The Labute approximate surface area is 96.0 Å². The topological polar surface area (TPSA) is 12.5 Å². The summed E-state index contributed by atoms with van der Waals surface area (Å²) in [4.78, 5) is 2.36. The molecule has 2 nitrogen and oxygen atoms in total. The van der Waals surface area contributed by atoms with Crippen LogP contribution in [0.25, 0.3) is 0 Å². The Hall–Kier alpha value is -0.0800. The number of nitrogens with zero attached hydrogens (tertiary/aromatic N) is 1. The van der Waals surface area contributed by atoms with Gasteiger partial charge >= 0.3 is 0 Å². The Bertz CT molecular complexity index is 134. The first kappa shape index (κ1) is 14.9. The molecule has 0 aliphatic rings. The molecular weight excluding hydrogens is 186 g/mol. The molecule has 0 radical (unpaired) electrons. The van der Waals surface area contributed by atoms with Gasteiger partial charge in [0.2, 0.25) is 0 Å². The van der Waals surface area contributed by atoms with Crippen LogP contribution >= 0.6 is 0 Å². The first-order chi connectivity index (χ1) is 7.04. The predicted octanol–water partition coefficient (Wildman–Crippen LogP) is 3.17. The van der Waals surface area contributed by atoms with Crippen molar-refractivity contribution in [1.82, 2.24) is 4.90 Å². The van der Waals surface area contributed by atoms with E-state index in [2.05, 4.69) is 39.6 Å². The minimum atomic E-state index is 0.644. The van der Waals surface area contributed by atoms with Crippen LogP contribution in [-0.4, -0.2) is 37.7 Å². The summed E-state index contributed by atoms with van der Waals surface area (Å²) in [5, 5.41) is 0. The monoisotopic (exact) mass is 215 g/mol. The van der Waals surface area contributed by atoms with Crippen molar-refractivity contribution in [2.45, 2.75) is 53.0 Å². The minimum absolute atomic E-state index is 0.644. The lowest BCUT2D eigenvalue weighted by Gasteiger charge is -2.20. The Morgan fingerprint density at radius 1 is 1.00 bits per heavy atom. The van der Waals surface area contributed by atoms with Crippen LogP contribution in [0.5, 0.6) is 0 Å². The molecule has 0 fully saturated rings. The number of hydrogen-bond donors (Lipinski definition) is 0. The molecule has 0 N–H and O–H groups in total. The van der Waals surface area contributed by atoms with E-state index in [1.165, 1.54) is 12.8 Å². The summed E-state index contributed by atoms with van der Waals surface area (Å²) in [6.07, 6.45) is 3.64. The van der Waals surface area contributed by atoms with Crippen molar-refractivity contribution in [2.75, 3.05) is 26.8 Å². The Balaban J connectivity index is 3.11. The highest BCUT2D eigenvalue weighted by Crippen LogP contribution is 2.03. The molecule has 2 heteroatoms. The zero-order chi connectivity index (χ0) is 11.7. The standard InChI is InChI=1S/C13H29NO/c1-12(2)8-6-10-15-11-7-9-14(5)13(3)4/h12-13H,6-11H2,1-5H3. The van der Waals surface area contributed by atoms with Crippen LogP contribution in [-0.2, 0) is 4.74 Å². The molecule has 0 saturated carbocycles. The lowest BCUT2D eigenvalue weighted by molar-refractivity contribution is 0.115. The van der Waals surface area contributed by atoms with Crippen LogP contribution < -0.4 is 0 Å². The first-order valence-electron chi connectivity index (χ1n) is 6.32. The first-order valence-corrected chi connectivity index (χ1v) is 6.32. The fourth-order valence-electron chi connectivity index (χ4n) is 1.37. The van der Waals surface area contributed by atoms with Crippen LogP contribution in [0.3, 0.4) is 0 Å². The van der Waals surface area contributed by atoms with Gasteiger partial charge in [-0.2, -0.15) is 0 Å². The van der Waals surface area contributed by atoms with E-state index in [0.29, 0.717) is 6.04 Å². The van der Waals surface area contributed by atoms with Gasteiger partial charge in [-0.25, -0.2) is 0 Å². The molecule has 0 aliphatic heterocycles. The SMILES string of the molecule is CC(C)CCCOCCCN(C)C(C)C. The van der Waals surface area contributed by atoms with Crippen LogP contribution in [0, 0.1) is 5.92 Å². The fourth-order valence-corrected chi connectivity index (χ4v) is 1.37. The van der Waals surface area contributed by atoms with Crippen molar-refractivity contribution in [3.05, 3.63) is 0 Å². The van der Waals surface area contributed by atoms with Crippen molar-refractivity contribution in [3.63, 3.8) is 0 Å². The van der Waals surface area contributed by atoms with Gasteiger partial charge in [0.05, 0.1) is 0 Å². The van der Waals surface area contributed by atoms with Crippen molar-refractivity contribution >= 4 is 0 Å². The van der Waals surface area contributed by atoms with E-state index in [1.54, 1.807) is 0 Å². The fraction of sp³-hybridized carbons (Fsp3) is 1.00. The Morgan fingerprint density at radius 3 is 2.13 bits per heavy atom. The Morgan fingerprint density at radius 2 is 1.60 bits per heavy atom. The average molecular weight is 215 g/mol. The van der Waals surface area contributed by atoms with E-state index in [9.17, 15) is 0 Å². The van der Waals surface area contributed by atoms with Gasteiger partial charge in [0.25, 0.3) is 0 Å². The van der Waals surface area contributed by atoms with Crippen LogP contribution in [0.2, 0.25) is 0 Å². The van der Waals surface area contributed by atoms with Gasteiger partial charge in [-0.05, 0) is 46.1 Å². The van der Waals surface area contributed by atoms with Gasteiger partial charge in [0.15, 0.2) is 0 Å². The largest absolute Gasteiger partial charge is 0.381 e. The smallest absolute Gasteiger partial charge is 0.0478 e. The summed E-state index contributed by atoms with van der Waals surface area (Å²) < 4.78 is 5.59. The second kappa shape index (κ2) is 9.17. The van der Waals surface area contributed by atoms with E-state index >= 15 is 0 Å². The third-order valence-electron chi connectivity index (χ3n) is 2.75. The highest BCUT2D eigenvalue weighted by molar-refractivity contribution is 4.56. The highest BCUT2D eigenvalue weighted by Gasteiger charge is 2.01. The zero-order valence-electron chi connectivity index (χ0n) is 11.3. The summed E-state index contributed by atoms with van der Waals surface area (Å²) in [6.45, 7) is 12.0. The lowest BCUT2D eigenvalue weighted by atomic mass is 10.1. The number of ether oxygens (including phenoxy) is 1. The molecule has 92 valence electrons. The lowest BCUT2D eigenvalue weighted by Crippen LogP contribution is -2.27. The molecule has 0 rings (SSSR count). The second-order valence-electron chi connectivity index (χ2n) is 5.08. The van der Waals surface area contributed by atoms with E-state index in [1.807, 2.05) is 0 Å². The quantitative estimate of drug-likeness (QED) is 0.548. The van der Waals surface area contributed by atoms with Crippen molar-refractivity contribution in [1.29, 1.82) is 0 Å². The van der Waals surface area contributed by atoms with Crippen molar-refractivity contribution in [2.24, 2.45) is 5.92 Å². The van der Waals surface area contributed by atoms with E-state index in [0.717, 1.165) is 32.1 Å². The number of rotatable bonds is 9. The molecule has 0 atom stereocenters. The summed E-state index contributed by atoms with van der Waals surface area (Å²) in [5.41, 5.74) is 0. The van der Waals surface area contributed by atoms with E-state index in [-0.39, 0.29) is 0 Å². The van der Waals surface area contributed by atoms with Crippen LogP contribution in [0.15, 0.2) is 0 Å². The van der Waals surface area contributed by atoms with Gasteiger partial charge in [-0.1, -0.05) is 13.8 Å². The van der Waals surface area contributed by atoms with E-state index < -0.39 is 0 Å². The van der Waals surface area contributed by atoms with Crippen LogP contribution in [0.4, 0.5) is 0 Å². The van der Waals surface area contributed by atoms with Gasteiger partial charge in [-0.3, -0.25) is 0 Å². The minimum Gasteiger partial charge on any atom is -0.381 e. The molecule has 0 aromatic carbocycles. The zero-order valence-corrected chi connectivity index (χ0v) is 11.3. The van der Waals surface area contributed by atoms with Gasteiger partial charge in [0.1, 0.15) is 0 Å². The van der Waals surface area contributed by atoms with Gasteiger partial charge in [0, 0.05) is 25.8 Å². The maximum Gasteiger partial charge on any atom is 0.0478 e. The number of hydrogen-bond acceptors (Lipinski definition) is 2. The summed E-state index contributed by atoms with van der Waals surface area (Å²) in [6, 6.07) is 0.644. The van der Waals surface area contributed by atoms with Gasteiger partial charge in [-0.15, -0.1) is 0 Å². The molecule has 0 spiro atoms. The molecule has 0 heterocycles. The maximum atomic E-state index is 5.59. The molecule has 0 unspecified atom stereocenters. The van der Waals surface area contributed by atoms with Crippen LogP contribution in [0.1, 0.15) is 47.0 Å². The molecule has 0 aliphatic carbocycles. The summed E-state index contributed by atoms with van der Waals surface area (Å²) in [5.74, 6) is 0.806. The third kappa shape index (κ3) is 10.2.